The van der Waals surface area contributed by atoms with Crippen molar-refractivity contribution >= 4 is 14.3 Å². The third kappa shape index (κ3) is 3.12. The van der Waals surface area contributed by atoms with Gasteiger partial charge < -0.3 is 4.43 Å². The van der Waals surface area contributed by atoms with Crippen LogP contribution in [-0.4, -0.2) is 14.3 Å². The molecule has 0 aromatic carbocycles. The van der Waals surface area contributed by atoms with Crippen molar-refractivity contribution in [1.82, 2.24) is 0 Å². The summed E-state index contributed by atoms with van der Waals surface area (Å²) in [6.45, 7) is 4.22. The van der Waals surface area contributed by atoms with Gasteiger partial charge in [0.05, 0.1) is 0 Å². The van der Waals surface area contributed by atoms with Gasteiger partial charge in [-0.1, -0.05) is 33.1 Å². The molecule has 0 saturated carbocycles. The van der Waals surface area contributed by atoms with Crippen LogP contribution in [0.1, 0.15) is 46.0 Å². The van der Waals surface area contributed by atoms with Gasteiger partial charge >= 0.3 is 0 Å². The van der Waals surface area contributed by atoms with Crippen LogP contribution in [0.2, 0.25) is 18.1 Å². The third-order valence-electron chi connectivity index (χ3n) is 3.19. The topological polar surface area (TPSA) is 26.3 Å². The van der Waals surface area contributed by atoms with Gasteiger partial charge in [0.1, 0.15) is 0 Å². The Morgan fingerprint density at radius 1 is 1.21 bits per heavy atom. The van der Waals surface area contributed by atoms with E-state index in [1.54, 1.807) is 0 Å². The summed E-state index contributed by atoms with van der Waals surface area (Å²) in [7, 11) is -1.61. The summed E-state index contributed by atoms with van der Waals surface area (Å²) in [5, 5.41) is 0. The van der Waals surface area contributed by atoms with Crippen molar-refractivity contribution in [3.8, 4) is 0 Å². The minimum absolute atomic E-state index is 0.0583. The summed E-state index contributed by atoms with van der Waals surface area (Å²) in [6, 6.07) is 3.53. The molecule has 14 heavy (non-hydrogen) atoms. The van der Waals surface area contributed by atoms with Crippen LogP contribution in [0.15, 0.2) is 0 Å². The van der Waals surface area contributed by atoms with Crippen LogP contribution in [-0.2, 0) is 9.22 Å². The van der Waals surface area contributed by atoms with Crippen LogP contribution >= 0.6 is 0 Å². The minimum Gasteiger partial charge on any atom is -0.519 e. The molecule has 0 radical (unpaired) electrons. The molecule has 0 aromatic rings. The highest BCUT2D eigenvalue weighted by atomic mass is 28.4. The summed E-state index contributed by atoms with van der Waals surface area (Å²) in [6.07, 6.45) is 5.40. The zero-order chi connectivity index (χ0) is 10.4. The lowest BCUT2D eigenvalue weighted by atomic mass is 10.3. The fourth-order valence-electron chi connectivity index (χ4n) is 2.22. The van der Waals surface area contributed by atoms with Crippen molar-refractivity contribution in [3.05, 3.63) is 0 Å². The molecule has 82 valence electrons. The molecule has 1 saturated heterocycles. The molecular weight excluding hydrogens is 192 g/mol. The largest absolute Gasteiger partial charge is 0.519 e. The molecule has 3 heteroatoms. The smallest absolute Gasteiger partial charge is 0.292 e. The summed E-state index contributed by atoms with van der Waals surface area (Å²) in [4.78, 5) is 11.5. The number of carbonyl (C=O) groups is 1. The predicted molar refractivity (Wildman–Crippen MR) is 60.7 cm³/mol. The quantitative estimate of drug-likeness (QED) is 0.670. The number of hydrogen-bond donors (Lipinski definition) is 0. The fourth-order valence-corrected chi connectivity index (χ4v) is 5.90. The highest BCUT2D eigenvalue weighted by Crippen LogP contribution is 2.32. The van der Waals surface area contributed by atoms with E-state index in [1.807, 2.05) is 6.92 Å². The van der Waals surface area contributed by atoms with E-state index in [0.29, 0.717) is 6.42 Å². The summed E-state index contributed by atoms with van der Waals surface area (Å²) >= 11 is 0. The van der Waals surface area contributed by atoms with Crippen LogP contribution in [0.3, 0.4) is 0 Å². The van der Waals surface area contributed by atoms with Gasteiger partial charge in [0.15, 0.2) is 0 Å². The predicted octanol–water partition coefficient (Wildman–Crippen LogP) is 3.48. The van der Waals surface area contributed by atoms with Crippen molar-refractivity contribution in [2.75, 3.05) is 0 Å². The SMILES string of the molecule is CCCC(=O)O[Si]1(CC)CCCCC1. The minimum atomic E-state index is -1.61. The monoisotopic (exact) mass is 214 g/mol. The fraction of sp³-hybridized carbons (Fsp3) is 0.909. The van der Waals surface area contributed by atoms with Crippen LogP contribution in [0.25, 0.3) is 0 Å². The van der Waals surface area contributed by atoms with Gasteiger partial charge in [-0.15, -0.1) is 0 Å². The van der Waals surface area contributed by atoms with E-state index in [1.165, 1.54) is 31.4 Å². The first-order valence-electron chi connectivity index (χ1n) is 5.94. The van der Waals surface area contributed by atoms with Gasteiger partial charge in [0, 0.05) is 6.42 Å². The van der Waals surface area contributed by atoms with Crippen molar-refractivity contribution in [2.24, 2.45) is 0 Å². The average molecular weight is 214 g/mol. The van der Waals surface area contributed by atoms with Crippen LogP contribution < -0.4 is 0 Å². The molecule has 1 aliphatic rings. The molecule has 0 spiro atoms. The van der Waals surface area contributed by atoms with E-state index < -0.39 is 8.32 Å². The molecule has 2 nitrogen and oxygen atoms in total. The molecule has 0 aliphatic carbocycles. The number of hydrogen-bond acceptors (Lipinski definition) is 2. The molecule has 1 aliphatic heterocycles. The van der Waals surface area contributed by atoms with E-state index in [4.69, 9.17) is 4.43 Å². The van der Waals surface area contributed by atoms with Crippen LogP contribution in [0, 0.1) is 0 Å². The Balaban J connectivity index is 2.47. The third-order valence-corrected chi connectivity index (χ3v) is 7.67. The Morgan fingerprint density at radius 3 is 2.36 bits per heavy atom. The number of carbonyl (C=O) groups excluding carboxylic acids is 1. The Bertz CT molecular complexity index is 186. The van der Waals surface area contributed by atoms with Crippen molar-refractivity contribution in [2.45, 2.75) is 64.1 Å². The standard InChI is InChI=1S/C11H22O2Si/c1-3-8-11(12)13-14(4-2)9-6-5-7-10-14/h3-10H2,1-2H3. The Labute approximate surface area is 88.2 Å². The summed E-state index contributed by atoms with van der Waals surface area (Å²) in [5.41, 5.74) is 0. The first-order valence-corrected chi connectivity index (χ1v) is 8.47. The molecule has 0 N–H and O–H groups in total. The van der Waals surface area contributed by atoms with Gasteiger partial charge in [-0.05, 0) is 24.6 Å². The molecule has 0 aromatic heterocycles. The van der Waals surface area contributed by atoms with Gasteiger partial charge in [0.25, 0.3) is 14.3 Å². The van der Waals surface area contributed by atoms with Gasteiger partial charge in [-0.25, -0.2) is 0 Å². The lowest BCUT2D eigenvalue weighted by Crippen LogP contribution is -2.41. The maximum absolute atomic E-state index is 11.5. The normalized spacial score (nSPS) is 20.4. The van der Waals surface area contributed by atoms with Crippen molar-refractivity contribution in [3.63, 3.8) is 0 Å². The zero-order valence-corrected chi connectivity index (χ0v) is 10.5. The lowest BCUT2D eigenvalue weighted by molar-refractivity contribution is -0.135. The Morgan fingerprint density at radius 2 is 1.86 bits per heavy atom. The van der Waals surface area contributed by atoms with Crippen LogP contribution in [0.5, 0.6) is 0 Å². The second-order valence-corrected chi connectivity index (χ2v) is 8.60. The highest BCUT2D eigenvalue weighted by Gasteiger charge is 2.37. The number of rotatable bonds is 4. The summed E-state index contributed by atoms with van der Waals surface area (Å²) < 4.78 is 5.77. The van der Waals surface area contributed by atoms with Gasteiger partial charge in [-0.2, -0.15) is 0 Å². The van der Waals surface area contributed by atoms with E-state index in [2.05, 4.69) is 6.92 Å². The average Bonchev–Trinajstić information content (AvgIpc) is 2.19. The highest BCUT2D eigenvalue weighted by molar-refractivity contribution is 6.75. The maximum Gasteiger partial charge on any atom is 0.292 e. The zero-order valence-electron chi connectivity index (χ0n) is 9.47. The molecule has 0 amide bonds. The van der Waals surface area contributed by atoms with E-state index in [0.717, 1.165) is 12.5 Å². The van der Waals surface area contributed by atoms with Crippen molar-refractivity contribution in [1.29, 1.82) is 0 Å². The summed E-state index contributed by atoms with van der Waals surface area (Å²) in [5.74, 6) is 0.0583. The first kappa shape index (κ1) is 11.8. The molecule has 1 rings (SSSR count). The lowest BCUT2D eigenvalue weighted by Gasteiger charge is -2.33. The van der Waals surface area contributed by atoms with Crippen molar-refractivity contribution < 1.29 is 9.22 Å². The van der Waals surface area contributed by atoms with E-state index in [-0.39, 0.29) is 5.97 Å². The van der Waals surface area contributed by atoms with Gasteiger partial charge in [-0.3, -0.25) is 4.79 Å². The molecule has 0 atom stereocenters. The van der Waals surface area contributed by atoms with Crippen LogP contribution in [0.4, 0.5) is 0 Å². The molecule has 0 bridgehead atoms. The molecular formula is C11H22O2Si. The maximum atomic E-state index is 11.5. The second kappa shape index (κ2) is 5.54. The Hall–Kier alpha value is -0.313. The second-order valence-electron chi connectivity index (χ2n) is 4.32. The van der Waals surface area contributed by atoms with Gasteiger partial charge in [0.2, 0.25) is 0 Å². The van der Waals surface area contributed by atoms with E-state index in [9.17, 15) is 4.79 Å². The first-order chi connectivity index (χ1) is 6.72. The molecule has 0 unspecified atom stereocenters. The van der Waals surface area contributed by atoms with E-state index >= 15 is 0 Å². The molecule has 1 fully saturated rings. The molecule has 1 heterocycles. The Kier molecular flexibility index (Phi) is 4.65.